The summed E-state index contributed by atoms with van der Waals surface area (Å²) in [7, 11) is 0. The van der Waals surface area contributed by atoms with Gasteiger partial charge in [-0.2, -0.15) is 0 Å². The van der Waals surface area contributed by atoms with E-state index in [0.29, 0.717) is 5.69 Å². The minimum absolute atomic E-state index is 0.217. The molecule has 0 fully saturated rings. The number of primary amides is 1. The van der Waals surface area contributed by atoms with Gasteiger partial charge in [0.05, 0.1) is 11.1 Å². The number of hydrogen-bond donors (Lipinski definition) is 2. The summed E-state index contributed by atoms with van der Waals surface area (Å²) in [5.74, 6) is -0.958. The second-order valence-corrected chi connectivity index (χ2v) is 7.61. The number of carbonyl (C=O) groups is 2. The van der Waals surface area contributed by atoms with Crippen molar-refractivity contribution < 1.29 is 9.59 Å². The normalized spacial score (nSPS) is 13.5. The zero-order chi connectivity index (χ0) is 20.9. The summed E-state index contributed by atoms with van der Waals surface area (Å²) >= 11 is 0. The van der Waals surface area contributed by atoms with Crippen molar-refractivity contribution in [2.45, 2.75) is 19.4 Å². The van der Waals surface area contributed by atoms with Gasteiger partial charge in [0.15, 0.2) is 0 Å². The smallest absolute Gasteiger partial charge is 0.256 e. The first-order valence-electron chi connectivity index (χ1n) is 10.2. The molecule has 0 bridgehead atoms. The maximum absolute atomic E-state index is 12.5. The largest absolute Gasteiger partial charge is 0.366 e. The van der Waals surface area contributed by atoms with Crippen LogP contribution in [0.3, 0.4) is 0 Å². The Kier molecular flexibility index (Phi) is 5.91. The van der Waals surface area contributed by atoms with Crippen molar-refractivity contribution >= 4 is 17.5 Å². The van der Waals surface area contributed by atoms with E-state index in [1.807, 2.05) is 24.3 Å². The van der Waals surface area contributed by atoms with E-state index in [0.717, 1.165) is 32.5 Å². The molecule has 3 aromatic rings. The Hall–Kier alpha value is -3.44. The minimum Gasteiger partial charge on any atom is -0.366 e. The quantitative estimate of drug-likeness (QED) is 0.665. The first-order valence-corrected chi connectivity index (χ1v) is 10.2. The molecular formula is C25H25N3O2. The van der Waals surface area contributed by atoms with Crippen LogP contribution >= 0.6 is 0 Å². The lowest BCUT2D eigenvalue weighted by molar-refractivity contribution is 0.0977. The average Bonchev–Trinajstić information content (AvgIpc) is 2.78. The van der Waals surface area contributed by atoms with Crippen LogP contribution in [0.4, 0.5) is 5.69 Å². The number of amides is 2. The summed E-state index contributed by atoms with van der Waals surface area (Å²) in [6.45, 7) is 3.10. The molecule has 0 radical (unpaired) electrons. The number of anilines is 1. The van der Waals surface area contributed by atoms with E-state index in [9.17, 15) is 9.59 Å². The summed E-state index contributed by atoms with van der Waals surface area (Å²) in [6.07, 6.45) is 2.06. The molecule has 0 unspecified atom stereocenters. The molecule has 152 valence electrons. The first-order chi connectivity index (χ1) is 14.6. The SMILES string of the molecule is NC(=O)c1ccccc1C(=O)Nc1ccc(CCN2CCc3ccccc3C2)cc1. The molecule has 0 aliphatic carbocycles. The lowest BCUT2D eigenvalue weighted by atomic mass is 9.99. The molecule has 3 N–H and O–H groups in total. The average molecular weight is 399 g/mol. The molecule has 5 heteroatoms. The van der Waals surface area contributed by atoms with Gasteiger partial charge in [0.1, 0.15) is 0 Å². The predicted molar refractivity (Wildman–Crippen MR) is 118 cm³/mol. The molecule has 1 aliphatic rings. The van der Waals surface area contributed by atoms with Crippen molar-refractivity contribution in [3.8, 4) is 0 Å². The van der Waals surface area contributed by atoms with Gasteiger partial charge in [0.2, 0.25) is 5.91 Å². The Morgan fingerprint density at radius 3 is 2.27 bits per heavy atom. The second kappa shape index (κ2) is 8.93. The fraction of sp³-hybridized carbons (Fsp3) is 0.200. The number of nitrogens with one attached hydrogen (secondary N) is 1. The highest BCUT2D eigenvalue weighted by Crippen LogP contribution is 2.19. The van der Waals surface area contributed by atoms with E-state index < -0.39 is 5.91 Å². The van der Waals surface area contributed by atoms with Crippen LogP contribution in [0.5, 0.6) is 0 Å². The van der Waals surface area contributed by atoms with Crippen molar-refractivity contribution in [1.82, 2.24) is 4.90 Å². The maximum Gasteiger partial charge on any atom is 0.256 e. The third-order valence-electron chi connectivity index (χ3n) is 5.58. The number of benzene rings is 3. The van der Waals surface area contributed by atoms with Crippen LogP contribution in [0.15, 0.2) is 72.8 Å². The van der Waals surface area contributed by atoms with Crippen molar-refractivity contribution in [1.29, 1.82) is 0 Å². The highest BCUT2D eigenvalue weighted by Gasteiger charge is 2.16. The molecule has 1 heterocycles. The van der Waals surface area contributed by atoms with Gasteiger partial charge in [0.25, 0.3) is 5.91 Å². The van der Waals surface area contributed by atoms with Gasteiger partial charge >= 0.3 is 0 Å². The number of nitrogens with zero attached hydrogens (tertiary/aromatic N) is 1. The fourth-order valence-electron chi connectivity index (χ4n) is 3.88. The summed E-state index contributed by atoms with van der Waals surface area (Å²) in [5.41, 5.74) is 10.7. The van der Waals surface area contributed by atoms with Crippen LogP contribution in [0.2, 0.25) is 0 Å². The predicted octanol–water partition coefficient (Wildman–Crippen LogP) is 3.64. The Bertz CT molecular complexity index is 1060. The van der Waals surface area contributed by atoms with E-state index in [1.54, 1.807) is 24.3 Å². The monoisotopic (exact) mass is 399 g/mol. The van der Waals surface area contributed by atoms with E-state index in [2.05, 4.69) is 34.5 Å². The Morgan fingerprint density at radius 1 is 0.867 bits per heavy atom. The van der Waals surface area contributed by atoms with E-state index in [-0.39, 0.29) is 17.0 Å². The number of nitrogens with two attached hydrogens (primary N) is 1. The molecular weight excluding hydrogens is 374 g/mol. The molecule has 0 spiro atoms. The molecule has 0 saturated heterocycles. The standard InChI is InChI=1S/C25H25N3O2/c26-24(29)22-7-3-4-8-23(22)25(30)27-21-11-9-18(10-12-21)13-15-28-16-14-19-5-1-2-6-20(19)17-28/h1-12H,13-17H2,(H2,26,29)(H,27,30). The van der Waals surface area contributed by atoms with Gasteiger partial charge in [0, 0.05) is 25.3 Å². The van der Waals surface area contributed by atoms with Gasteiger partial charge in [-0.05, 0) is 53.8 Å². The summed E-state index contributed by atoms with van der Waals surface area (Å²) in [4.78, 5) is 26.5. The third-order valence-corrected chi connectivity index (χ3v) is 5.58. The zero-order valence-corrected chi connectivity index (χ0v) is 16.8. The van der Waals surface area contributed by atoms with Gasteiger partial charge in [-0.15, -0.1) is 0 Å². The van der Waals surface area contributed by atoms with Crippen molar-refractivity contribution in [2.24, 2.45) is 5.73 Å². The molecule has 0 aromatic heterocycles. The summed E-state index contributed by atoms with van der Waals surface area (Å²) in [6, 6.07) is 23.1. The second-order valence-electron chi connectivity index (χ2n) is 7.61. The molecule has 5 nitrogen and oxygen atoms in total. The number of rotatable bonds is 6. The summed E-state index contributed by atoms with van der Waals surface area (Å²) in [5, 5.41) is 2.84. The molecule has 2 amide bonds. The lowest BCUT2D eigenvalue weighted by Gasteiger charge is -2.28. The van der Waals surface area contributed by atoms with Crippen LogP contribution < -0.4 is 11.1 Å². The van der Waals surface area contributed by atoms with E-state index in [4.69, 9.17) is 5.73 Å². The van der Waals surface area contributed by atoms with Crippen LogP contribution in [0.1, 0.15) is 37.4 Å². The van der Waals surface area contributed by atoms with Gasteiger partial charge in [-0.1, -0.05) is 48.5 Å². The number of fused-ring (bicyclic) bond motifs is 1. The molecule has 0 saturated carbocycles. The third kappa shape index (κ3) is 4.58. The van der Waals surface area contributed by atoms with Crippen LogP contribution in [-0.4, -0.2) is 29.8 Å². The highest BCUT2D eigenvalue weighted by atomic mass is 16.2. The van der Waals surface area contributed by atoms with Crippen LogP contribution in [0.25, 0.3) is 0 Å². The van der Waals surface area contributed by atoms with Crippen molar-refractivity contribution in [3.63, 3.8) is 0 Å². The Balaban J connectivity index is 1.34. The molecule has 3 aromatic carbocycles. The van der Waals surface area contributed by atoms with E-state index >= 15 is 0 Å². The maximum atomic E-state index is 12.5. The van der Waals surface area contributed by atoms with Gasteiger partial charge in [-0.3, -0.25) is 14.5 Å². The van der Waals surface area contributed by atoms with Gasteiger partial charge < -0.3 is 11.1 Å². The Labute approximate surface area is 176 Å². The summed E-state index contributed by atoms with van der Waals surface area (Å²) < 4.78 is 0. The van der Waals surface area contributed by atoms with Crippen molar-refractivity contribution in [3.05, 3.63) is 101 Å². The fourth-order valence-corrected chi connectivity index (χ4v) is 3.88. The lowest BCUT2D eigenvalue weighted by Crippen LogP contribution is -2.32. The van der Waals surface area contributed by atoms with Crippen LogP contribution in [0, 0.1) is 0 Å². The van der Waals surface area contributed by atoms with Gasteiger partial charge in [-0.25, -0.2) is 0 Å². The van der Waals surface area contributed by atoms with E-state index in [1.165, 1.54) is 16.7 Å². The molecule has 1 aliphatic heterocycles. The topological polar surface area (TPSA) is 75.4 Å². The highest BCUT2D eigenvalue weighted by molar-refractivity contribution is 6.11. The molecule has 4 rings (SSSR count). The number of carbonyl (C=O) groups excluding carboxylic acids is 2. The molecule has 30 heavy (non-hydrogen) atoms. The minimum atomic E-state index is -0.614. The molecule has 0 atom stereocenters. The Morgan fingerprint density at radius 2 is 1.53 bits per heavy atom. The number of hydrogen-bond acceptors (Lipinski definition) is 3. The van der Waals surface area contributed by atoms with Crippen molar-refractivity contribution in [2.75, 3.05) is 18.4 Å². The first kappa shape index (κ1) is 19.9. The zero-order valence-electron chi connectivity index (χ0n) is 16.8. The van der Waals surface area contributed by atoms with Crippen LogP contribution in [-0.2, 0) is 19.4 Å².